The maximum atomic E-state index is 12.4. The zero-order valence-corrected chi connectivity index (χ0v) is 26.7. The van der Waals surface area contributed by atoms with E-state index in [1.807, 2.05) is 0 Å². The van der Waals surface area contributed by atoms with Crippen LogP contribution in [0, 0.1) is 0 Å². The standard InChI is InChI=1S/C34H59NO5S/c1-3-5-7-9-11-13-15-17-19-21-23-25-27-29-33(36)32(31-41(38,39)40)35-34(37)30-28-26-24-22-20-18-16-14-12-10-8-6-4-2/h8,10-11,13-14,16,19,21,27,29,32-33,36H,3-7,9,12,15,17-18,20,22-26,28,30-31H2,1-2H3,(H,35,37)(H,38,39,40)/b10-8-,13-11+,16-14-,21-19+,29-27+. The molecule has 6 nitrogen and oxygen atoms in total. The lowest BCUT2D eigenvalue weighted by atomic mass is 10.1. The normalized spacial score (nSPS) is 14.3. The first-order valence-electron chi connectivity index (χ1n) is 16.0. The lowest BCUT2D eigenvalue weighted by Crippen LogP contribution is -2.46. The summed E-state index contributed by atoms with van der Waals surface area (Å²) in [7, 11) is -4.35. The molecule has 0 saturated heterocycles. The van der Waals surface area contributed by atoms with Crippen molar-refractivity contribution in [2.24, 2.45) is 0 Å². The molecule has 0 aromatic rings. The Hall–Kier alpha value is -1.96. The fourth-order valence-corrected chi connectivity index (χ4v) is 4.96. The molecule has 0 aromatic carbocycles. The van der Waals surface area contributed by atoms with Crippen molar-refractivity contribution in [1.82, 2.24) is 5.32 Å². The lowest BCUT2D eigenvalue weighted by molar-refractivity contribution is -0.122. The Morgan fingerprint density at radius 2 is 1.17 bits per heavy atom. The summed E-state index contributed by atoms with van der Waals surface area (Å²) in [5.74, 6) is -1.04. The van der Waals surface area contributed by atoms with Gasteiger partial charge in [0, 0.05) is 6.42 Å². The first-order valence-corrected chi connectivity index (χ1v) is 17.6. The molecular weight excluding hydrogens is 534 g/mol. The number of carbonyl (C=O) groups excluding carboxylic acids is 1. The molecule has 0 saturated carbocycles. The van der Waals surface area contributed by atoms with E-state index in [0.29, 0.717) is 12.8 Å². The molecule has 0 heterocycles. The zero-order chi connectivity index (χ0) is 30.4. The molecule has 7 heteroatoms. The molecule has 0 aliphatic heterocycles. The number of nitrogens with one attached hydrogen (secondary N) is 1. The average molecular weight is 594 g/mol. The van der Waals surface area contributed by atoms with Crippen molar-refractivity contribution in [3.63, 3.8) is 0 Å². The number of allylic oxidation sites excluding steroid dienone is 9. The minimum Gasteiger partial charge on any atom is -0.387 e. The van der Waals surface area contributed by atoms with Gasteiger partial charge in [0.1, 0.15) is 0 Å². The molecule has 0 spiro atoms. The van der Waals surface area contributed by atoms with E-state index in [9.17, 15) is 22.9 Å². The van der Waals surface area contributed by atoms with Gasteiger partial charge in [0.2, 0.25) is 5.91 Å². The van der Waals surface area contributed by atoms with Crippen LogP contribution in [0.25, 0.3) is 0 Å². The van der Waals surface area contributed by atoms with Crippen molar-refractivity contribution >= 4 is 16.0 Å². The second kappa shape index (κ2) is 28.2. The minimum absolute atomic E-state index is 0.265. The lowest BCUT2D eigenvalue weighted by Gasteiger charge is -2.21. The van der Waals surface area contributed by atoms with Crippen LogP contribution in [-0.4, -0.2) is 41.9 Å². The summed E-state index contributed by atoms with van der Waals surface area (Å²) in [6.45, 7) is 4.38. The molecule has 0 aliphatic carbocycles. The SMILES string of the molecule is CCC/C=C\C/C=C\CCCCCCCC(=O)NC(CS(=O)(=O)O)C(O)/C=C/CC/C=C/CC/C=C/CCCCC. The predicted molar refractivity (Wildman–Crippen MR) is 175 cm³/mol. The van der Waals surface area contributed by atoms with E-state index in [-0.39, 0.29) is 12.3 Å². The van der Waals surface area contributed by atoms with Gasteiger partial charge in [-0.05, 0) is 70.6 Å². The third-order valence-corrected chi connectivity index (χ3v) is 7.41. The zero-order valence-electron chi connectivity index (χ0n) is 25.9. The van der Waals surface area contributed by atoms with E-state index in [4.69, 9.17) is 0 Å². The highest BCUT2D eigenvalue weighted by atomic mass is 32.2. The average Bonchev–Trinajstić information content (AvgIpc) is 2.92. The molecule has 236 valence electrons. The maximum absolute atomic E-state index is 12.4. The Morgan fingerprint density at radius 3 is 1.78 bits per heavy atom. The van der Waals surface area contributed by atoms with E-state index < -0.39 is 28.0 Å². The van der Waals surface area contributed by atoms with Gasteiger partial charge in [0.05, 0.1) is 17.9 Å². The Kier molecular flexibility index (Phi) is 26.8. The maximum Gasteiger partial charge on any atom is 0.267 e. The molecule has 0 aromatic heterocycles. The van der Waals surface area contributed by atoms with Crippen molar-refractivity contribution in [1.29, 1.82) is 0 Å². The van der Waals surface area contributed by atoms with Gasteiger partial charge in [0.25, 0.3) is 10.1 Å². The van der Waals surface area contributed by atoms with Crippen LogP contribution in [0.5, 0.6) is 0 Å². The summed E-state index contributed by atoms with van der Waals surface area (Å²) < 4.78 is 32.2. The molecule has 0 rings (SSSR count). The van der Waals surface area contributed by atoms with Gasteiger partial charge in [0.15, 0.2) is 0 Å². The van der Waals surface area contributed by atoms with Crippen molar-refractivity contribution in [2.75, 3.05) is 5.75 Å². The molecular formula is C34H59NO5S. The Morgan fingerprint density at radius 1 is 0.659 bits per heavy atom. The number of hydrogen-bond acceptors (Lipinski definition) is 4. The first-order chi connectivity index (χ1) is 19.8. The summed E-state index contributed by atoms with van der Waals surface area (Å²) in [6.07, 6.45) is 37.7. The third-order valence-electron chi connectivity index (χ3n) is 6.63. The monoisotopic (exact) mass is 593 g/mol. The molecule has 0 radical (unpaired) electrons. The summed E-state index contributed by atoms with van der Waals surface area (Å²) in [5.41, 5.74) is 0. The van der Waals surface area contributed by atoms with E-state index >= 15 is 0 Å². The van der Waals surface area contributed by atoms with Gasteiger partial charge >= 0.3 is 0 Å². The highest BCUT2D eigenvalue weighted by Crippen LogP contribution is 2.09. The first kappa shape index (κ1) is 39.0. The molecule has 41 heavy (non-hydrogen) atoms. The van der Waals surface area contributed by atoms with E-state index in [1.165, 1.54) is 31.8 Å². The van der Waals surface area contributed by atoms with Crippen molar-refractivity contribution < 1.29 is 22.9 Å². The molecule has 0 aliphatic rings. The summed E-state index contributed by atoms with van der Waals surface area (Å²) in [6, 6.07) is -1.09. The number of aliphatic hydroxyl groups excluding tert-OH is 1. The third kappa shape index (κ3) is 29.3. The highest BCUT2D eigenvalue weighted by molar-refractivity contribution is 7.85. The Balaban J connectivity index is 4.20. The summed E-state index contributed by atoms with van der Waals surface area (Å²) in [5, 5.41) is 13.1. The fourth-order valence-electron chi connectivity index (χ4n) is 4.22. The molecule has 2 atom stereocenters. The topological polar surface area (TPSA) is 104 Å². The second-order valence-electron chi connectivity index (χ2n) is 10.7. The molecule has 3 N–H and O–H groups in total. The van der Waals surface area contributed by atoms with Crippen molar-refractivity contribution in [3.8, 4) is 0 Å². The van der Waals surface area contributed by atoms with Crippen molar-refractivity contribution in [2.45, 2.75) is 142 Å². The van der Waals surface area contributed by atoms with Crippen LogP contribution >= 0.6 is 0 Å². The highest BCUT2D eigenvalue weighted by Gasteiger charge is 2.24. The van der Waals surface area contributed by atoms with E-state index in [2.05, 4.69) is 67.8 Å². The number of rotatable bonds is 27. The van der Waals surface area contributed by atoms with Crippen LogP contribution in [0.15, 0.2) is 60.8 Å². The summed E-state index contributed by atoms with van der Waals surface area (Å²) >= 11 is 0. The van der Waals surface area contributed by atoms with Gasteiger partial charge in [-0.3, -0.25) is 9.35 Å². The van der Waals surface area contributed by atoms with Gasteiger partial charge in [-0.15, -0.1) is 0 Å². The number of hydrogen-bond donors (Lipinski definition) is 3. The van der Waals surface area contributed by atoms with Gasteiger partial charge in [-0.2, -0.15) is 8.42 Å². The largest absolute Gasteiger partial charge is 0.387 e. The molecule has 0 bridgehead atoms. The molecule has 2 unspecified atom stereocenters. The van der Waals surface area contributed by atoms with Crippen LogP contribution in [-0.2, 0) is 14.9 Å². The van der Waals surface area contributed by atoms with Crippen molar-refractivity contribution in [3.05, 3.63) is 60.8 Å². The van der Waals surface area contributed by atoms with E-state index in [1.54, 1.807) is 6.08 Å². The number of amides is 1. The minimum atomic E-state index is -4.35. The second-order valence-corrected chi connectivity index (χ2v) is 12.2. The van der Waals surface area contributed by atoms with Crippen LogP contribution < -0.4 is 5.32 Å². The quantitative estimate of drug-likeness (QED) is 0.0503. The van der Waals surface area contributed by atoms with Gasteiger partial charge in [-0.1, -0.05) is 113 Å². The van der Waals surface area contributed by atoms with Gasteiger partial charge in [-0.25, -0.2) is 0 Å². The van der Waals surface area contributed by atoms with Gasteiger partial charge < -0.3 is 10.4 Å². The van der Waals surface area contributed by atoms with Crippen LogP contribution in [0.3, 0.4) is 0 Å². The van der Waals surface area contributed by atoms with Crippen LogP contribution in [0.2, 0.25) is 0 Å². The number of aliphatic hydroxyl groups is 1. The Bertz CT molecular complexity index is 874. The fraction of sp³-hybridized carbons (Fsp3) is 0.676. The van der Waals surface area contributed by atoms with E-state index in [0.717, 1.165) is 70.6 Å². The van der Waals surface area contributed by atoms with Crippen LogP contribution in [0.1, 0.15) is 129 Å². The number of unbranched alkanes of at least 4 members (excludes halogenated alkanes) is 11. The molecule has 0 fully saturated rings. The molecule has 1 amide bonds. The van der Waals surface area contributed by atoms with Crippen LogP contribution in [0.4, 0.5) is 0 Å². The Labute approximate surface area is 251 Å². The number of carbonyl (C=O) groups is 1. The predicted octanol–water partition coefficient (Wildman–Crippen LogP) is 8.56. The smallest absolute Gasteiger partial charge is 0.267 e. The summed E-state index contributed by atoms with van der Waals surface area (Å²) in [4.78, 5) is 12.4.